The van der Waals surface area contributed by atoms with Crippen molar-refractivity contribution in [3.05, 3.63) is 0 Å². The summed E-state index contributed by atoms with van der Waals surface area (Å²) in [6.07, 6.45) is 18.8. The predicted octanol–water partition coefficient (Wildman–Crippen LogP) is 5.20. The number of hydrogen-bond donors (Lipinski definition) is 1. The van der Waals surface area contributed by atoms with E-state index in [-0.39, 0.29) is 19.0 Å². The van der Waals surface area contributed by atoms with E-state index >= 15 is 0 Å². The molecule has 0 saturated carbocycles. The Morgan fingerprint density at radius 1 is 0.773 bits per heavy atom. The Morgan fingerprint density at radius 3 is 1.73 bits per heavy atom. The van der Waals surface area contributed by atoms with E-state index in [2.05, 4.69) is 6.92 Å². The number of hydrogen-bond acceptors (Lipinski definition) is 3. The van der Waals surface area contributed by atoms with Crippen molar-refractivity contribution in [1.29, 1.82) is 0 Å². The summed E-state index contributed by atoms with van der Waals surface area (Å²) in [5.74, 6) is 0. The monoisotopic (exact) mass is 314 g/mol. The lowest BCUT2D eigenvalue weighted by Crippen LogP contribution is -2.16. The maximum atomic E-state index is 8.96. The lowest BCUT2D eigenvalue weighted by atomic mass is 10.0. The Morgan fingerprint density at radius 2 is 1.27 bits per heavy atom. The van der Waals surface area contributed by atoms with Crippen molar-refractivity contribution >= 4 is 0 Å². The normalized spacial score (nSPS) is 21.5. The molecule has 1 saturated heterocycles. The topological polar surface area (TPSA) is 38.7 Å². The van der Waals surface area contributed by atoms with Crippen molar-refractivity contribution in [3.8, 4) is 0 Å². The van der Waals surface area contributed by atoms with Gasteiger partial charge in [0.25, 0.3) is 0 Å². The summed E-state index contributed by atoms with van der Waals surface area (Å²) in [5, 5.41) is 8.96. The van der Waals surface area contributed by atoms with Crippen LogP contribution < -0.4 is 0 Å². The van der Waals surface area contributed by atoms with Gasteiger partial charge in [-0.15, -0.1) is 0 Å². The minimum atomic E-state index is -0.0908. The molecule has 132 valence electrons. The van der Waals surface area contributed by atoms with Crippen LogP contribution >= 0.6 is 0 Å². The zero-order valence-corrected chi connectivity index (χ0v) is 14.7. The van der Waals surface area contributed by atoms with Crippen LogP contribution in [0, 0.1) is 0 Å². The van der Waals surface area contributed by atoms with E-state index in [1.165, 1.54) is 83.5 Å². The Bertz CT molecular complexity index is 233. The maximum absolute atomic E-state index is 8.96. The van der Waals surface area contributed by atoms with Crippen LogP contribution in [0.1, 0.15) is 96.8 Å². The van der Waals surface area contributed by atoms with Gasteiger partial charge in [0.15, 0.2) is 6.29 Å². The Balaban J connectivity index is 1.72. The van der Waals surface area contributed by atoms with Crippen LogP contribution in [-0.4, -0.2) is 30.7 Å². The highest BCUT2D eigenvalue weighted by atomic mass is 16.7. The van der Waals surface area contributed by atoms with Crippen LogP contribution in [0.3, 0.4) is 0 Å². The average Bonchev–Trinajstić information content (AvgIpc) is 3.00. The van der Waals surface area contributed by atoms with E-state index in [9.17, 15) is 0 Å². The Hall–Kier alpha value is -0.120. The molecule has 1 N–H and O–H groups in total. The molecule has 0 radical (unpaired) electrons. The van der Waals surface area contributed by atoms with E-state index < -0.39 is 0 Å². The fraction of sp³-hybridized carbons (Fsp3) is 1.00. The molecule has 22 heavy (non-hydrogen) atoms. The van der Waals surface area contributed by atoms with Crippen LogP contribution in [0.4, 0.5) is 0 Å². The number of rotatable bonds is 15. The molecule has 1 heterocycles. The maximum Gasteiger partial charge on any atom is 0.158 e. The molecule has 0 spiro atoms. The molecule has 0 unspecified atom stereocenters. The molecule has 0 aliphatic carbocycles. The molecule has 3 heteroatoms. The smallest absolute Gasteiger partial charge is 0.158 e. The molecule has 1 aliphatic rings. The van der Waals surface area contributed by atoms with Gasteiger partial charge >= 0.3 is 0 Å². The molecular weight excluding hydrogens is 276 g/mol. The van der Waals surface area contributed by atoms with Gasteiger partial charge in [0, 0.05) is 0 Å². The van der Waals surface area contributed by atoms with Gasteiger partial charge in [-0.1, -0.05) is 84.0 Å². The first-order chi connectivity index (χ1) is 10.9. The minimum absolute atomic E-state index is 0.0649. The van der Waals surface area contributed by atoms with Gasteiger partial charge in [-0.3, -0.25) is 0 Å². The first-order valence-electron chi connectivity index (χ1n) is 9.74. The van der Waals surface area contributed by atoms with E-state index in [0.29, 0.717) is 6.61 Å². The SMILES string of the molecule is CCCCCCCCCCCCCCC[C@@H]1OC[C@H](CO)O1. The summed E-state index contributed by atoms with van der Waals surface area (Å²) in [4.78, 5) is 0. The number of aliphatic hydroxyl groups is 1. The lowest BCUT2D eigenvalue weighted by molar-refractivity contribution is -0.0701. The molecule has 3 nitrogen and oxygen atoms in total. The molecule has 0 aromatic heterocycles. The van der Waals surface area contributed by atoms with Crippen molar-refractivity contribution in [3.63, 3.8) is 0 Å². The second-order valence-corrected chi connectivity index (χ2v) is 6.73. The molecular formula is C19H38O3. The highest BCUT2D eigenvalue weighted by Crippen LogP contribution is 2.18. The van der Waals surface area contributed by atoms with E-state index in [1.54, 1.807) is 0 Å². The van der Waals surface area contributed by atoms with Crippen molar-refractivity contribution in [1.82, 2.24) is 0 Å². The number of unbranched alkanes of at least 4 members (excludes halogenated alkanes) is 12. The molecule has 0 aromatic carbocycles. The van der Waals surface area contributed by atoms with Crippen LogP contribution in [0.15, 0.2) is 0 Å². The quantitative estimate of drug-likeness (QED) is 0.422. The second kappa shape index (κ2) is 14.5. The zero-order valence-electron chi connectivity index (χ0n) is 14.7. The highest BCUT2D eigenvalue weighted by Gasteiger charge is 2.24. The standard InChI is InChI=1S/C19H38O3/c1-2-3-4-5-6-7-8-9-10-11-12-13-14-15-19-21-17-18(16-20)22-19/h18-20H,2-17H2,1H3/t18-,19+/m0/s1. The molecule has 2 atom stereocenters. The Kier molecular flexibility index (Phi) is 13.1. The zero-order chi connectivity index (χ0) is 15.9. The summed E-state index contributed by atoms with van der Waals surface area (Å²) < 4.78 is 11.0. The van der Waals surface area contributed by atoms with Gasteiger partial charge in [-0.25, -0.2) is 0 Å². The van der Waals surface area contributed by atoms with E-state index in [0.717, 1.165) is 6.42 Å². The van der Waals surface area contributed by atoms with Crippen LogP contribution in [0.5, 0.6) is 0 Å². The summed E-state index contributed by atoms with van der Waals surface area (Å²) in [5.41, 5.74) is 0. The van der Waals surface area contributed by atoms with Gasteiger partial charge in [0.05, 0.1) is 13.2 Å². The molecule has 0 aromatic rings. The fourth-order valence-electron chi connectivity index (χ4n) is 3.08. The summed E-state index contributed by atoms with van der Waals surface area (Å²) in [7, 11) is 0. The van der Waals surface area contributed by atoms with Crippen molar-refractivity contribution < 1.29 is 14.6 Å². The van der Waals surface area contributed by atoms with Crippen LogP contribution in [0.25, 0.3) is 0 Å². The summed E-state index contributed by atoms with van der Waals surface area (Å²) >= 11 is 0. The molecule has 0 bridgehead atoms. The van der Waals surface area contributed by atoms with Crippen molar-refractivity contribution in [2.75, 3.05) is 13.2 Å². The van der Waals surface area contributed by atoms with E-state index in [1.807, 2.05) is 0 Å². The first-order valence-corrected chi connectivity index (χ1v) is 9.74. The van der Waals surface area contributed by atoms with Crippen LogP contribution in [0.2, 0.25) is 0 Å². The van der Waals surface area contributed by atoms with Crippen molar-refractivity contribution in [2.45, 2.75) is 109 Å². The van der Waals surface area contributed by atoms with Gasteiger partial charge in [0.1, 0.15) is 6.10 Å². The summed E-state index contributed by atoms with van der Waals surface area (Å²) in [6, 6.07) is 0. The van der Waals surface area contributed by atoms with Gasteiger partial charge in [-0.05, 0) is 12.8 Å². The molecule has 1 rings (SSSR count). The third-order valence-corrected chi connectivity index (χ3v) is 4.56. The van der Waals surface area contributed by atoms with Crippen molar-refractivity contribution in [2.24, 2.45) is 0 Å². The first kappa shape index (κ1) is 19.9. The third kappa shape index (κ3) is 10.6. The van der Waals surface area contributed by atoms with Gasteiger partial charge < -0.3 is 14.6 Å². The van der Waals surface area contributed by atoms with Crippen LogP contribution in [-0.2, 0) is 9.47 Å². The molecule has 1 aliphatic heterocycles. The Labute approximate surface area is 137 Å². The fourth-order valence-corrected chi connectivity index (χ4v) is 3.08. The molecule has 1 fully saturated rings. The molecule has 0 amide bonds. The average molecular weight is 315 g/mol. The lowest BCUT2D eigenvalue weighted by Gasteiger charge is -2.09. The van der Waals surface area contributed by atoms with E-state index in [4.69, 9.17) is 14.6 Å². The largest absolute Gasteiger partial charge is 0.394 e. The van der Waals surface area contributed by atoms with Gasteiger partial charge in [0.2, 0.25) is 0 Å². The number of aliphatic hydroxyl groups excluding tert-OH is 1. The third-order valence-electron chi connectivity index (χ3n) is 4.56. The van der Waals surface area contributed by atoms with Gasteiger partial charge in [-0.2, -0.15) is 0 Å². The number of ether oxygens (including phenoxy) is 2. The predicted molar refractivity (Wildman–Crippen MR) is 92.0 cm³/mol. The second-order valence-electron chi connectivity index (χ2n) is 6.73. The highest BCUT2D eigenvalue weighted by molar-refractivity contribution is 4.64. The summed E-state index contributed by atoms with van der Waals surface area (Å²) in [6.45, 7) is 2.91. The minimum Gasteiger partial charge on any atom is -0.394 e.